The van der Waals surface area contributed by atoms with Crippen LogP contribution in [0.15, 0.2) is 78.0 Å². The van der Waals surface area contributed by atoms with Gasteiger partial charge in [-0.15, -0.1) is 5.10 Å². The molecule has 0 atom stereocenters. The molecule has 0 saturated heterocycles. The fourth-order valence-electron chi connectivity index (χ4n) is 2.97. The van der Waals surface area contributed by atoms with Gasteiger partial charge in [-0.05, 0) is 77.5 Å². The van der Waals surface area contributed by atoms with E-state index in [0.29, 0.717) is 22.5 Å². The minimum absolute atomic E-state index is 0.0120. The molecular formula is C21H17FN6O3S. The summed E-state index contributed by atoms with van der Waals surface area (Å²) >= 11 is 0. The van der Waals surface area contributed by atoms with E-state index in [9.17, 15) is 17.6 Å². The summed E-state index contributed by atoms with van der Waals surface area (Å²) < 4.78 is 42.6. The van der Waals surface area contributed by atoms with Crippen LogP contribution < -0.4 is 10.0 Å². The van der Waals surface area contributed by atoms with Crippen LogP contribution in [0.5, 0.6) is 0 Å². The molecule has 1 amide bonds. The van der Waals surface area contributed by atoms with Gasteiger partial charge in [-0.1, -0.05) is 12.1 Å². The Bertz CT molecular complexity index is 1370. The van der Waals surface area contributed by atoms with E-state index >= 15 is 0 Å². The van der Waals surface area contributed by atoms with Crippen molar-refractivity contribution < 1.29 is 17.6 Å². The third kappa shape index (κ3) is 4.62. The maximum absolute atomic E-state index is 13.1. The number of sulfonamides is 1. The summed E-state index contributed by atoms with van der Waals surface area (Å²) in [5, 5.41) is 13.6. The second-order valence-corrected chi connectivity index (χ2v) is 8.50. The first kappa shape index (κ1) is 21.1. The van der Waals surface area contributed by atoms with Gasteiger partial charge in [0.15, 0.2) is 0 Å². The SMILES string of the molecule is Cc1ccc(NC(=O)c2cccc(-n3cnnn3)c2)cc1S(=O)(=O)Nc1ccc(F)cc1. The predicted molar refractivity (Wildman–Crippen MR) is 115 cm³/mol. The Morgan fingerprint density at radius 1 is 1.00 bits per heavy atom. The number of aromatic nitrogens is 4. The van der Waals surface area contributed by atoms with Gasteiger partial charge in [0.05, 0.1) is 10.6 Å². The minimum Gasteiger partial charge on any atom is -0.322 e. The summed E-state index contributed by atoms with van der Waals surface area (Å²) in [5.74, 6) is -0.906. The van der Waals surface area contributed by atoms with Crippen molar-refractivity contribution in [2.75, 3.05) is 10.0 Å². The van der Waals surface area contributed by atoms with Crippen molar-refractivity contribution in [3.05, 3.63) is 90.0 Å². The fourth-order valence-corrected chi connectivity index (χ4v) is 4.30. The average Bonchev–Trinajstić information content (AvgIpc) is 3.31. The second kappa shape index (κ2) is 8.55. The number of carbonyl (C=O) groups excluding carboxylic acids is 1. The smallest absolute Gasteiger partial charge is 0.262 e. The summed E-state index contributed by atoms with van der Waals surface area (Å²) in [6.07, 6.45) is 1.41. The number of nitrogens with one attached hydrogen (secondary N) is 2. The molecule has 0 saturated carbocycles. The molecule has 4 rings (SSSR count). The monoisotopic (exact) mass is 452 g/mol. The quantitative estimate of drug-likeness (QED) is 0.464. The van der Waals surface area contributed by atoms with Crippen molar-refractivity contribution in [2.45, 2.75) is 11.8 Å². The second-order valence-electron chi connectivity index (χ2n) is 6.85. The lowest BCUT2D eigenvalue weighted by atomic mass is 10.1. The van der Waals surface area contributed by atoms with Crippen LogP contribution in [0.3, 0.4) is 0 Å². The van der Waals surface area contributed by atoms with E-state index in [1.165, 1.54) is 29.2 Å². The number of nitrogens with zero attached hydrogens (tertiary/aromatic N) is 4. The van der Waals surface area contributed by atoms with E-state index in [0.717, 1.165) is 12.1 Å². The lowest BCUT2D eigenvalue weighted by Crippen LogP contribution is -2.16. The maximum Gasteiger partial charge on any atom is 0.262 e. The number of anilines is 2. The van der Waals surface area contributed by atoms with Crippen LogP contribution in [-0.4, -0.2) is 34.5 Å². The first-order chi connectivity index (χ1) is 15.3. The minimum atomic E-state index is -3.97. The van der Waals surface area contributed by atoms with Crippen LogP contribution in [0, 0.1) is 12.7 Å². The Labute approximate surface area is 183 Å². The number of benzene rings is 3. The number of halogens is 1. The summed E-state index contributed by atoms with van der Waals surface area (Å²) in [7, 11) is -3.97. The number of amides is 1. The number of hydrogen-bond donors (Lipinski definition) is 2. The van der Waals surface area contributed by atoms with Crippen molar-refractivity contribution in [1.82, 2.24) is 20.2 Å². The van der Waals surface area contributed by atoms with Gasteiger partial charge < -0.3 is 5.32 Å². The summed E-state index contributed by atoms with van der Waals surface area (Å²) in [6.45, 7) is 1.64. The average molecular weight is 452 g/mol. The first-order valence-electron chi connectivity index (χ1n) is 9.36. The molecule has 0 spiro atoms. The van der Waals surface area contributed by atoms with Gasteiger partial charge in [0.25, 0.3) is 15.9 Å². The molecule has 1 aromatic heterocycles. The van der Waals surface area contributed by atoms with Crippen LogP contribution in [0.2, 0.25) is 0 Å². The van der Waals surface area contributed by atoms with Gasteiger partial charge in [-0.25, -0.2) is 17.5 Å². The molecule has 0 radical (unpaired) electrons. The standard InChI is InChI=1S/C21H17FN6O3S/c1-14-5-8-18(12-20(14)32(30,31)25-17-9-6-16(22)7-10-17)24-21(29)15-3-2-4-19(11-15)28-13-23-26-27-28/h2-13,25H,1H3,(H,24,29). The molecule has 2 N–H and O–H groups in total. The molecule has 9 nitrogen and oxygen atoms in total. The highest BCUT2D eigenvalue weighted by molar-refractivity contribution is 7.92. The Hall–Kier alpha value is -4.12. The number of aryl methyl sites for hydroxylation is 1. The van der Waals surface area contributed by atoms with Gasteiger partial charge in [0.2, 0.25) is 0 Å². The highest BCUT2D eigenvalue weighted by atomic mass is 32.2. The topological polar surface area (TPSA) is 119 Å². The molecule has 4 aromatic rings. The zero-order chi connectivity index (χ0) is 22.7. The van der Waals surface area contributed by atoms with E-state index in [-0.39, 0.29) is 10.6 Å². The lowest BCUT2D eigenvalue weighted by molar-refractivity contribution is 0.102. The van der Waals surface area contributed by atoms with Crippen LogP contribution in [0.4, 0.5) is 15.8 Å². The Morgan fingerprint density at radius 3 is 2.47 bits per heavy atom. The van der Waals surface area contributed by atoms with Crippen LogP contribution in [0.25, 0.3) is 5.69 Å². The maximum atomic E-state index is 13.1. The fraction of sp³-hybridized carbons (Fsp3) is 0.0476. The van der Waals surface area contributed by atoms with Crippen molar-refractivity contribution >= 4 is 27.3 Å². The molecule has 32 heavy (non-hydrogen) atoms. The van der Waals surface area contributed by atoms with Crippen LogP contribution in [0.1, 0.15) is 15.9 Å². The van der Waals surface area contributed by atoms with Crippen molar-refractivity contribution in [2.24, 2.45) is 0 Å². The third-order valence-electron chi connectivity index (χ3n) is 4.55. The lowest BCUT2D eigenvalue weighted by Gasteiger charge is -2.13. The summed E-state index contributed by atoms with van der Waals surface area (Å²) in [5.41, 5.74) is 1.94. The predicted octanol–water partition coefficient (Wildman–Crippen LogP) is 3.16. The molecule has 11 heteroatoms. The van der Waals surface area contributed by atoms with E-state index < -0.39 is 21.7 Å². The molecule has 162 valence electrons. The van der Waals surface area contributed by atoms with Gasteiger partial charge >= 0.3 is 0 Å². The molecule has 0 unspecified atom stereocenters. The molecule has 0 aliphatic heterocycles. The zero-order valence-corrected chi connectivity index (χ0v) is 17.5. The molecule has 0 bridgehead atoms. The largest absolute Gasteiger partial charge is 0.322 e. The number of rotatable bonds is 6. The third-order valence-corrected chi connectivity index (χ3v) is 6.08. The number of carbonyl (C=O) groups is 1. The van der Waals surface area contributed by atoms with Crippen LogP contribution >= 0.6 is 0 Å². The summed E-state index contributed by atoms with van der Waals surface area (Å²) in [6, 6.07) is 16.2. The molecule has 0 aliphatic rings. The van der Waals surface area contributed by atoms with Gasteiger partial charge in [0.1, 0.15) is 12.1 Å². The van der Waals surface area contributed by atoms with E-state index in [2.05, 4.69) is 25.6 Å². The molecule has 0 aliphatic carbocycles. The van der Waals surface area contributed by atoms with E-state index in [4.69, 9.17) is 0 Å². The van der Waals surface area contributed by atoms with Crippen molar-refractivity contribution in [3.8, 4) is 5.69 Å². The van der Waals surface area contributed by atoms with Crippen molar-refractivity contribution in [3.63, 3.8) is 0 Å². The Balaban J connectivity index is 1.57. The number of hydrogen-bond acceptors (Lipinski definition) is 6. The van der Waals surface area contributed by atoms with E-state index in [1.54, 1.807) is 43.3 Å². The Kier molecular flexibility index (Phi) is 5.65. The highest BCUT2D eigenvalue weighted by Gasteiger charge is 2.19. The number of tetrazole rings is 1. The molecule has 0 fully saturated rings. The van der Waals surface area contributed by atoms with Gasteiger partial charge in [0, 0.05) is 16.9 Å². The van der Waals surface area contributed by atoms with E-state index in [1.807, 2.05) is 0 Å². The van der Waals surface area contributed by atoms with Crippen LogP contribution in [-0.2, 0) is 10.0 Å². The zero-order valence-electron chi connectivity index (χ0n) is 16.7. The molecular weight excluding hydrogens is 435 g/mol. The Morgan fingerprint density at radius 2 is 1.75 bits per heavy atom. The first-order valence-corrected chi connectivity index (χ1v) is 10.8. The highest BCUT2D eigenvalue weighted by Crippen LogP contribution is 2.24. The summed E-state index contributed by atoms with van der Waals surface area (Å²) in [4.78, 5) is 12.7. The van der Waals surface area contributed by atoms with Crippen molar-refractivity contribution in [1.29, 1.82) is 0 Å². The van der Waals surface area contributed by atoms with Gasteiger partial charge in [-0.2, -0.15) is 0 Å². The molecule has 1 heterocycles. The van der Waals surface area contributed by atoms with Gasteiger partial charge in [-0.3, -0.25) is 9.52 Å². The normalized spacial score (nSPS) is 11.2. The molecule has 3 aromatic carbocycles.